The molecule has 0 N–H and O–H groups in total. The lowest BCUT2D eigenvalue weighted by atomic mass is 10.1. The number of nitrogens with zero attached hydrogens (tertiary/aromatic N) is 3. The lowest BCUT2D eigenvalue weighted by Gasteiger charge is -2.32. The Balaban J connectivity index is 1.58. The zero-order valence-electron chi connectivity index (χ0n) is 13.3. The summed E-state index contributed by atoms with van der Waals surface area (Å²) in [5.41, 5.74) is 2.24. The van der Waals surface area contributed by atoms with Crippen LogP contribution in [0, 0.1) is 6.92 Å². The van der Waals surface area contributed by atoms with E-state index in [1.807, 2.05) is 30.0 Å². The van der Waals surface area contributed by atoms with Crippen molar-refractivity contribution in [3.63, 3.8) is 0 Å². The first-order valence-corrected chi connectivity index (χ1v) is 7.97. The molecular formula is C18H21N3O2. The van der Waals surface area contributed by atoms with Crippen molar-refractivity contribution in [2.24, 2.45) is 0 Å². The van der Waals surface area contributed by atoms with Gasteiger partial charge in [0, 0.05) is 18.9 Å². The molecule has 2 aromatic rings. The summed E-state index contributed by atoms with van der Waals surface area (Å²) in [6.45, 7) is 3.45. The van der Waals surface area contributed by atoms with Gasteiger partial charge < -0.3 is 9.64 Å². The number of likely N-dealkylation sites (tertiary alicyclic amines) is 1. The number of aromatic nitrogens is 2. The molecule has 120 valence electrons. The summed E-state index contributed by atoms with van der Waals surface area (Å²) >= 11 is 0. The van der Waals surface area contributed by atoms with Gasteiger partial charge in [-0.1, -0.05) is 29.8 Å². The molecule has 2 heterocycles. The van der Waals surface area contributed by atoms with E-state index in [1.54, 1.807) is 18.6 Å². The third-order valence-electron chi connectivity index (χ3n) is 4.00. The maximum Gasteiger partial charge on any atom is 0.232 e. The van der Waals surface area contributed by atoms with Gasteiger partial charge in [-0.15, -0.1) is 0 Å². The van der Waals surface area contributed by atoms with Crippen LogP contribution in [0.2, 0.25) is 0 Å². The normalized spacial score (nSPS) is 17.8. The van der Waals surface area contributed by atoms with E-state index in [1.165, 1.54) is 5.56 Å². The van der Waals surface area contributed by atoms with Crippen molar-refractivity contribution in [1.82, 2.24) is 14.9 Å². The van der Waals surface area contributed by atoms with E-state index < -0.39 is 0 Å². The average Bonchev–Trinajstić information content (AvgIpc) is 2.56. The van der Waals surface area contributed by atoms with Gasteiger partial charge in [0.15, 0.2) is 0 Å². The van der Waals surface area contributed by atoms with Crippen LogP contribution >= 0.6 is 0 Å². The van der Waals surface area contributed by atoms with Gasteiger partial charge in [0.25, 0.3) is 0 Å². The zero-order chi connectivity index (χ0) is 16.1. The molecule has 0 radical (unpaired) electrons. The minimum absolute atomic E-state index is 0.0121. The number of aryl methyl sites for hydroxylation is 1. The Kier molecular flexibility index (Phi) is 4.86. The summed E-state index contributed by atoms with van der Waals surface area (Å²) in [6, 6.07) is 8.10. The summed E-state index contributed by atoms with van der Waals surface area (Å²) in [5, 5.41) is 0. The van der Waals surface area contributed by atoms with Crippen LogP contribution in [0.1, 0.15) is 24.0 Å². The summed E-state index contributed by atoms with van der Waals surface area (Å²) in [7, 11) is 0. The Morgan fingerprint density at radius 3 is 3.09 bits per heavy atom. The molecule has 1 saturated heterocycles. The third kappa shape index (κ3) is 4.28. The molecule has 1 aromatic carbocycles. The van der Waals surface area contributed by atoms with Crippen molar-refractivity contribution in [2.45, 2.75) is 32.3 Å². The predicted octanol–water partition coefficient (Wildman–Crippen LogP) is 2.40. The highest BCUT2D eigenvalue weighted by Gasteiger charge is 2.25. The number of amides is 1. The summed E-state index contributed by atoms with van der Waals surface area (Å²) in [5.74, 6) is 0.675. The average molecular weight is 311 g/mol. The number of rotatable bonds is 4. The Morgan fingerprint density at radius 1 is 1.39 bits per heavy atom. The fraction of sp³-hybridized carbons (Fsp3) is 0.389. The van der Waals surface area contributed by atoms with Crippen LogP contribution < -0.4 is 4.74 Å². The molecule has 0 bridgehead atoms. The standard InChI is InChI=1S/C18H21N3O2/c1-14-4-2-5-15(10-14)11-18(22)21-9-3-6-16(13-21)23-17-12-19-7-8-20-17/h2,4-5,7-8,10,12,16H,3,6,9,11,13H2,1H3. The first kappa shape index (κ1) is 15.5. The fourth-order valence-electron chi connectivity index (χ4n) is 2.89. The first-order valence-electron chi connectivity index (χ1n) is 7.97. The highest BCUT2D eigenvalue weighted by atomic mass is 16.5. The van der Waals surface area contributed by atoms with E-state index in [-0.39, 0.29) is 12.0 Å². The van der Waals surface area contributed by atoms with E-state index >= 15 is 0 Å². The van der Waals surface area contributed by atoms with Crippen LogP contribution in [0.4, 0.5) is 0 Å². The van der Waals surface area contributed by atoms with E-state index in [2.05, 4.69) is 16.0 Å². The molecule has 0 aliphatic carbocycles. The van der Waals surface area contributed by atoms with E-state index in [9.17, 15) is 4.79 Å². The van der Waals surface area contributed by atoms with E-state index in [0.717, 1.165) is 24.9 Å². The van der Waals surface area contributed by atoms with Crippen LogP contribution in [-0.4, -0.2) is 40.0 Å². The molecule has 1 unspecified atom stereocenters. The zero-order valence-corrected chi connectivity index (χ0v) is 13.3. The molecule has 1 aliphatic rings. The summed E-state index contributed by atoms with van der Waals surface area (Å²) < 4.78 is 5.84. The van der Waals surface area contributed by atoms with Gasteiger partial charge in [0.1, 0.15) is 6.10 Å². The molecule has 3 rings (SSSR count). The number of carbonyl (C=O) groups excluding carboxylic acids is 1. The molecule has 1 fully saturated rings. The second-order valence-electron chi connectivity index (χ2n) is 5.93. The Hall–Kier alpha value is -2.43. The largest absolute Gasteiger partial charge is 0.471 e. The third-order valence-corrected chi connectivity index (χ3v) is 4.00. The quantitative estimate of drug-likeness (QED) is 0.870. The van der Waals surface area contributed by atoms with E-state index in [4.69, 9.17) is 4.74 Å². The van der Waals surface area contributed by atoms with Crippen LogP contribution in [0.5, 0.6) is 5.88 Å². The van der Waals surface area contributed by atoms with Crippen molar-refractivity contribution in [2.75, 3.05) is 13.1 Å². The predicted molar refractivity (Wildman–Crippen MR) is 87.1 cm³/mol. The molecular weight excluding hydrogens is 290 g/mol. The van der Waals surface area contributed by atoms with E-state index in [0.29, 0.717) is 18.8 Å². The molecule has 1 aromatic heterocycles. The van der Waals surface area contributed by atoms with Crippen LogP contribution in [0.15, 0.2) is 42.9 Å². The summed E-state index contributed by atoms with van der Waals surface area (Å²) in [4.78, 5) is 22.5. The minimum atomic E-state index is -0.0121. The highest BCUT2D eigenvalue weighted by Crippen LogP contribution is 2.17. The van der Waals surface area contributed by atoms with Crippen LogP contribution in [0.25, 0.3) is 0 Å². The van der Waals surface area contributed by atoms with Gasteiger partial charge in [-0.25, -0.2) is 4.98 Å². The van der Waals surface area contributed by atoms with Crippen molar-refractivity contribution >= 4 is 5.91 Å². The molecule has 0 spiro atoms. The van der Waals surface area contributed by atoms with Gasteiger partial charge >= 0.3 is 0 Å². The highest BCUT2D eigenvalue weighted by molar-refractivity contribution is 5.79. The molecule has 1 aliphatic heterocycles. The monoisotopic (exact) mass is 311 g/mol. The second-order valence-corrected chi connectivity index (χ2v) is 5.93. The van der Waals surface area contributed by atoms with Gasteiger partial charge in [-0.3, -0.25) is 9.78 Å². The number of piperidine rings is 1. The molecule has 1 amide bonds. The minimum Gasteiger partial charge on any atom is -0.471 e. The summed E-state index contributed by atoms with van der Waals surface area (Å²) in [6.07, 6.45) is 7.15. The SMILES string of the molecule is Cc1cccc(CC(=O)N2CCCC(Oc3cnccn3)C2)c1. The maximum absolute atomic E-state index is 12.5. The Bertz CT molecular complexity index is 660. The molecule has 0 saturated carbocycles. The molecule has 5 heteroatoms. The van der Waals surface area contributed by atoms with Crippen molar-refractivity contribution < 1.29 is 9.53 Å². The fourth-order valence-corrected chi connectivity index (χ4v) is 2.89. The topological polar surface area (TPSA) is 55.3 Å². The molecule has 1 atom stereocenters. The second kappa shape index (κ2) is 7.22. The van der Waals surface area contributed by atoms with Gasteiger partial charge in [0.05, 0.1) is 19.2 Å². The molecule has 5 nitrogen and oxygen atoms in total. The van der Waals surface area contributed by atoms with Crippen LogP contribution in [-0.2, 0) is 11.2 Å². The van der Waals surface area contributed by atoms with Crippen molar-refractivity contribution in [3.8, 4) is 5.88 Å². The maximum atomic E-state index is 12.5. The number of hydrogen-bond donors (Lipinski definition) is 0. The lowest BCUT2D eigenvalue weighted by molar-refractivity contribution is -0.133. The Morgan fingerprint density at radius 2 is 2.30 bits per heavy atom. The Labute approximate surface area is 136 Å². The van der Waals surface area contributed by atoms with Crippen molar-refractivity contribution in [3.05, 3.63) is 54.0 Å². The lowest BCUT2D eigenvalue weighted by Crippen LogP contribution is -2.45. The number of benzene rings is 1. The molecule has 23 heavy (non-hydrogen) atoms. The van der Waals surface area contributed by atoms with Gasteiger partial charge in [0.2, 0.25) is 11.8 Å². The first-order chi connectivity index (χ1) is 11.2. The van der Waals surface area contributed by atoms with Gasteiger partial charge in [-0.05, 0) is 25.3 Å². The van der Waals surface area contributed by atoms with Crippen LogP contribution in [0.3, 0.4) is 0 Å². The van der Waals surface area contributed by atoms with Gasteiger partial charge in [-0.2, -0.15) is 0 Å². The number of carbonyl (C=O) groups is 1. The number of ether oxygens (including phenoxy) is 1. The smallest absolute Gasteiger partial charge is 0.232 e. The number of hydrogen-bond acceptors (Lipinski definition) is 4. The van der Waals surface area contributed by atoms with Crippen molar-refractivity contribution in [1.29, 1.82) is 0 Å².